The van der Waals surface area contributed by atoms with Gasteiger partial charge in [-0.1, -0.05) is 17.7 Å². The summed E-state index contributed by atoms with van der Waals surface area (Å²) in [6, 6.07) is 3.09. The topological polar surface area (TPSA) is 73.4 Å². The molecule has 0 saturated carbocycles. The molecule has 0 fully saturated rings. The van der Waals surface area contributed by atoms with Crippen molar-refractivity contribution in [2.75, 3.05) is 11.6 Å². The highest BCUT2D eigenvalue weighted by Crippen LogP contribution is 2.37. The molecule has 0 spiro atoms. The maximum Gasteiger partial charge on any atom is 0.417 e. The molecule has 0 aliphatic carbocycles. The van der Waals surface area contributed by atoms with Crippen LogP contribution in [0.25, 0.3) is 0 Å². The second kappa shape index (κ2) is 7.20. The largest absolute Gasteiger partial charge is 0.417 e. The second-order valence-electron chi connectivity index (χ2n) is 6.71. The quantitative estimate of drug-likeness (QED) is 0.771. The van der Waals surface area contributed by atoms with Crippen molar-refractivity contribution in [2.45, 2.75) is 25.6 Å². The van der Waals surface area contributed by atoms with Crippen molar-refractivity contribution in [3.63, 3.8) is 0 Å². The van der Waals surface area contributed by atoms with Crippen LogP contribution in [0.15, 0.2) is 48.2 Å². The van der Waals surface area contributed by atoms with Gasteiger partial charge in [0, 0.05) is 24.9 Å². The van der Waals surface area contributed by atoms with E-state index in [0.717, 1.165) is 17.5 Å². The Hall–Kier alpha value is -2.85. The van der Waals surface area contributed by atoms with E-state index in [4.69, 9.17) is 11.6 Å². The van der Waals surface area contributed by atoms with Crippen molar-refractivity contribution >= 4 is 23.3 Å². The molecular formula is C18H16ClF3N6O. The van der Waals surface area contributed by atoms with E-state index >= 15 is 0 Å². The molecule has 2 aliphatic heterocycles. The van der Waals surface area contributed by atoms with Crippen molar-refractivity contribution in [1.29, 1.82) is 0 Å². The van der Waals surface area contributed by atoms with Gasteiger partial charge in [-0.15, -0.1) is 5.53 Å². The lowest BCUT2D eigenvalue weighted by Crippen LogP contribution is -2.44. The van der Waals surface area contributed by atoms with Crippen LogP contribution >= 0.6 is 11.6 Å². The molecule has 4 rings (SSSR count). The third-order valence-electron chi connectivity index (χ3n) is 4.86. The number of aromatic nitrogens is 2. The summed E-state index contributed by atoms with van der Waals surface area (Å²) in [5.74, 6) is 0.0257. The molecular weight excluding hydrogens is 409 g/mol. The molecule has 1 aromatic carbocycles. The Morgan fingerprint density at radius 1 is 1.31 bits per heavy atom. The lowest BCUT2D eigenvalue weighted by atomic mass is 10.0. The minimum absolute atomic E-state index is 0.172. The number of nitrogens with one attached hydrogen (secondary N) is 2. The first-order valence-electron chi connectivity index (χ1n) is 8.74. The molecule has 2 aromatic rings. The van der Waals surface area contributed by atoms with Crippen LogP contribution in [-0.2, 0) is 6.18 Å². The van der Waals surface area contributed by atoms with Crippen molar-refractivity contribution in [3.8, 4) is 0 Å². The van der Waals surface area contributed by atoms with Crippen LogP contribution in [0.5, 0.6) is 0 Å². The van der Waals surface area contributed by atoms with Gasteiger partial charge < -0.3 is 10.3 Å². The van der Waals surface area contributed by atoms with E-state index in [9.17, 15) is 18.0 Å². The number of rotatable bonds is 2. The predicted octanol–water partition coefficient (Wildman–Crippen LogP) is 3.12. The molecule has 2 N–H and O–H groups in total. The highest BCUT2D eigenvalue weighted by atomic mass is 35.5. The Labute approximate surface area is 169 Å². The van der Waals surface area contributed by atoms with Gasteiger partial charge >= 0.3 is 6.18 Å². The number of hydrogen-bond donors (Lipinski definition) is 2. The molecule has 0 bridgehead atoms. The number of halogens is 4. The molecule has 11 heteroatoms. The van der Waals surface area contributed by atoms with Crippen LogP contribution in [-0.4, -0.2) is 33.4 Å². The van der Waals surface area contributed by atoms with Crippen LogP contribution in [0.4, 0.5) is 19.0 Å². The van der Waals surface area contributed by atoms with Crippen LogP contribution < -0.4 is 16.0 Å². The molecule has 152 valence electrons. The number of alkyl halides is 3. The van der Waals surface area contributed by atoms with Gasteiger partial charge in [-0.2, -0.15) is 13.2 Å². The molecule has 7 nitrogen and oxygen atoms in total. The van der Waals surface area contributed by atoms with E-state index in [0.29, 0.717) is 12.2 Å². The molecule has 3 heterocycles. The smallest absolute Gasteiger partial charge is 0.330 e. The van der Waals surface area contributed by atoms with Gasteiger partial charge in [0.2, 0.25) is 0 Å². The summed E-state index contributed by atoms with van der Waals surface area (Å²) in [6.07, 6.45) is 0.548. The first kappa shape index (κ1) is 19.5. The molecule has 0 radical (unpaired) electrons. The van der Waals surface area contributed by atoms with Gasteiger partial charge in [0.25, 0.3) is 5.91 Å². The Morgan fingerprint density at radius 2 is 2.10 bits per heavy atom. The van der Waals surface area contributed by atoms with Crippen LogP contribution in [0, 0.1) is 0 Å². The first-order chi connectivity index (χ1) is 13.8. The van der Waals surface area contributed by atoms with E-state index < -0.39 is 22.7 Å². The summed E-state index contributed by atoms with van der Waals surface area (Å²) in [7, 11) is 0. The van der Waals surface area contributed by atoms with Crippen molar-refractivity contribution in [1.82, 2.24) is 25.8 Å². The summed E-state index contributed by atoms with van der Waals surface area (Å²) in [5, 5.41) is 1.15. The SMILES string of the molecule is CC1CC2=C(CN1C(=O)c1cccc(C(F)(F)F)c1Cl)NNN2c1cnccn1. The summed E-state index contributed by atoms with van der Waals surface area (Å²) in [4.78, 5) is 22.8. The summed E-state index contributed by atoms with van der Waals surface area (Å²) in [6.45, 7) is 2.02. The predicted molar refractivity (Wildman–Crippen MR) is 99.4 cm³/mol. The van der Waals surface area contributed by atoms with Crippen LogP contribution in [0.1, 0.15) is 29.3 Å². The minimum Gasteiger partial charge on any atom is -0.330 e. The van der Waals surface area contributed by atoms with Gasteiger partial charge in [0.05, 0.1) is 40.3 Å². The van der Waals surface area contributed by atoms with E-state index in [2.05, 4.69) is 20.9 Å². The number of nitrogens with zero attached hydrogens (tertiary/aromatic N) is 4. The van der Waals surface area contributed by atoms with E-state index in [1.165, 1.54) is 17.0 Å². The Balaban J connectivity index is 1.62. The first-order valence-corrected chi connectivity index (χ1v) is 9.11. The van der Waals surface area contributed by atoms with Gasteiger partial charge in [0.15, 0.2) is 5.82 Å². The summed E-state index contributed by atoms with van der Waals surface area (Å²) >= 11 is 5.94. The fraction of sp³-hybridized carbons (Fsp3) is 0.278. The Kier molecular flexibility index (Phi) is 4.83. The molecule has 29 heavy (non-hydrogen) atoms. The van der Waals surface area contributed by atoms with Gasteiger partial charge in [-0.25, -0.2) is 9.99 Å². The zero-order valence-corrected chi connectivity index (χ0v) is 15.9. The number of carbonyl (C=O) groups excluding carboxylic acids is 1. The van der Waals surface area contributed by atoms with Crippen LogP contribution in [0.3, 0.4) is 0 Å². The second-order valence-corrected chi connectivity index (χ2v) is 7.09. The lowest BCUT2D eigenvalue weighted by molar-refractivity contribution is -0.137. The molecule has 1 atom stereocenters. The zero-order valence-electron chi connectivity index (χ0n) is 15.2. The fourth-order valence-electron chi connectivity index (χ4n) is 3.40. The van der Waals surface area contributed by atoms with E-state index in [1.807, 2.05) is 6.92 Å². The van der Waals surface area contributed by atoms with Crippen molar-refractivity contribution in [2.24, 2.45) is 0 Å². The van der Waals surface area contributed by atoms with Crippen LogP contribution in [0.2, 0.25) is 5.02 Å². The Morgan fingerprint density at radius 3 is 2.79 bits per heavy atom. The number of benzene rings is 1. The summed E-state index contributed by atoms with van der Waals surface area (Å²) < 4.78 is 39.4. The molecule has 1 unspecified atom stereocenters. The zero-order chi connectivity index (χ0) is 20.8. The van der Waals surface area contributed by atoms with E-state index in [-0.39, 0.29) is 18.2 Å². The number of hydrazine groups is 2. The maximum atomic E-state index is 13.1. The number of anilines is 1. The molecule has 0 saturated heterocycles. The number of hydrogen-bond acceptors (Lipinski definition) is 6. The average Bonchev–Trinajstić information content (AvgIpc) is 3.09. The van der Waals surface area contributed by atoms with Gasteiger partial charge in [-0.05, 0) is 19.1 Å². The monoisotopic (exact) mass is 424 g/mol. The Bertz CT molecular complexity index is 981. The lowest BCUT2D eigenvalue weighted by Gasteiger charge is -2.35. The standard InChI is InChI=1S/C18H16ClF3N6O/c1-10-7-14-13(25-26-28(14)15-8-23-5-6-24-15)9-27(10)17(29)11-3-2-4-12(16(11)19)18(20,21)22/h2-6,8,10,25-26H,7,9H2,1H3. The normalized spacial score (nSPS) is 19.3. The van der Waals surface area contributed by atoms with Crippen molar-refractivity contribution in [3.05, 3.63) is 64.3 Å². The number of carbonyl (C=O) groups is 1. The summed E-state index contributed by atoms with van der Waals surface area (Å²) in [5.41, 5.74) is 6.38. The van der Waals surface area contributed by atoms with Gasteiger partial charge in [0.1, 0.15) is 0 Å². The van der Waals surface area contributed by atoms with Gasteiger partial charge in [-0.3, -0.25) is 9.78 Å². The van der Waals surface area contributed by atoms with E-state index in [1.54, 1.807) is 23.6 Å². The highest BCUT2D eigenvalue weighted by Gasteiger charge is 2.38. The minimum atomic E-state index is -4.63. The highest BCUT2D eigenvalue weighted by molar-refractivity contribution is 6.34. The molecule has 1 amide bonds. The maximum absolute atomic E-state index is 13.1. The average molecular weight is 425 g/mol. The van der Waals surface area contributed by atoms with Crippen molar-refractivity contribution < 1.29 is 18.0 Å². The number of amides is 1. The molecule has 2 aliphatic rings. The third kappa shape index (κ3) is 3.49. The third-order valence-corrected chi connectivity index (χ3v) is 5.27. The fourth-order valence-corrected chi connectivity index (χ4v) is 3.72. The molecule has 1 aromatic heterocycles.